The monoisotopic (exact) mass is 247 g/mol. The molecule has 3 rings (SSSR count). The van der Waals surface area contributed by atoms with E-state index in [4.69, 9.17) is 0 Å². The lowest BCUT2D eigenvalue weighted by atomic mass is 9.99. The van der Waals surface area contributed by atoms with E-state index in [1.165, 1.54) is 23.3 Å². The van der Waals surface area contributed by atoms with Crippen molar-refractivity contribution in [2.24, 2.45) is 0 Å². The van der Waals surface area contributed by atoms with Crippen LogP contribution in [0, 0.1) is 0 Å². The van der Waals surface area contributed by atoms with Crippen molar-refractivity contribution in [2.75, 3.05) is 5.32 Å². The number of nitrogens with zero attached hydrogens (tertiary/aromatic N) is 1. The van der Waals surface area contributed by atoms with E-state index < -0.39 is 0 Å². The van der Waals surface area contributed by atoms with Crippen LogP contribution in [0.5, 0.6) is 0 Å². The average Bonchev–Trinajstić information content (AvgIpc) is 2.96. The molecule has 0 spiro atoms. The summed E-state index contributed by atoms with van der Waals surface area (Å²) in [4.78, 5) is 21.0. The van der Waals surface area contributed by atoms with E-state index in [-0.39, 0.29) is 5.91 Å². The third-order valence-electron chi connectivity index (χ3n) is 2.95. The molecule has 0 saturated carbocycles. The summed E-state index contributed by atoms with van der Waals surface area (Å²) in [6, 6.07) is 2.03. The second-order valence-corrected chi connectivity index (χ2v) is 5.29. The van der Waals surface area contributed by atoms with Gasteiger partial charge in [-0.15, -0.1) is 11.3 Å². The zero-order valence-corrected chi connectivity index (χ0v) is 10.1. The average molecular weight is 247 g/mol. The number of hydrogen-bond donors (Lipinski definition) is 2. The van der Waals surface area contributed by atoms with Crippen molar-refractivity contribution in [1.29, 1.82) is 0 Å². The molecule has 0 aliphatic heterocycles. The number of carbonyl (C=O) groups excluding carboxylic acids is 1. The minimum atomic E-state index is -0.0700. The fourth-order valence-corrected chi connectivity index (χ4v) is 3.25. The third kappa shape index (κ3) is 2.10. The van der Waals surface area contributed by atoms with Crippen molar-refractivity contribution >= 4 is 23.2 Å². The van der Waals surface area contributed by atoms with Gasteiger partial charge in [-0.1, -0.05) is 0 Å². The van der Waals surface area contributed by atoms with Crippen LogP contribution in [0.2, 0.25) is 0 Å². The molecular weight excluding hydrogens is 234 g/mol. The number of aromatic amines is 1. The molecule has 1 aliphatic carbocycles. The van der Waals surface area contributed by atoms with Crippen molar-refractivity contribution < 1.29 is 4.79 Å². The van der Waals surface area contributed by atoms with Gasteiger partial charge in [0, 0.05) is 17.3 Å². The maximum Gasteiger partial charge on any atom is 0.268 e. The Bertz CT molecular complexity index is 506. The van der Waals surface area contributed by atoms with Crippen LogP contribution in [0.4, 0.5) is 5.95 Å². The number of nitrogens with one attached hydrogen (secondary N) is 2. The van der Waals surface area contributed by atoms with Crippen LogP contribution in [-0.2, 0) is 12.8 Å². The number of amides is 1. The van der Waals surface area contributed by atoms with Gasteiger partial charge in [0.15, 0.2) is 0 Å². The number of anilines is 1. The van der Waals surface area contributed by atoms with Gasteiger partial charge in [-0.25, -0.2) is 4.98 Å². The van der Waals surface area contributed by atoms with Gasteiger partial charge in [0.25, 0.3) is 5.91 Å². The summed E-state index contributed by atoms with van der Waals surface area (Å²) in [5, 5.41) is 2.75. The summed E-state index contributed by atoms with van der Waals surface area (Å²) in [7, 11) is 0. The van der Waals surface area contributed by atoms with E-state index in [0.717, 1.165) is 17.7 Å². The largest absolute Gasteiger partial charge is 0.331 e. The molecule has 0 atom stereocenters. The molecule has 5 heteroatoms. The van der Waals surface area contributed by atoms with E-state index in [0.29, 0.717) is 5.95 Å². The van der Waals surface area contributed by atoms with Gasteiger partial charge in [0.05, 0.1) is 4.88 Å². The van der Waals surface area contributed by atoms with Gasteiger partial charge in [-0.3, -0.25) is 10.1 Å². The highest BCUT2D eigenvalue weighted by atomic mass is 32.1. The fraction of sp³-hybridized carbons (Fsp3) is 0.333. The number of H-pyrrole nitrogens is 1. The first kappa shape index (κ1) is 10.5. The number of aryl methyl sites for hydroxylation is 2. The van der Waals surface area contributed by atoms with Gasteiger partial charge in [-0.05, 0) is 37.3 Å². The lowest BCUT2D eigenvalue weighted by Gasteiger charge is -2.08. The Morgan fingerprint density at radius 1 is 1.41 bits per heavy atom. The second kappa shape index (κ2) is 4.33. The Hall–Kier alpha value is -1.62. The number of thiophene rings is 1. The number of aromatic nitrogens is 2. The minimum Gasteiger partial charge on any atom is -0.331 e. The zero-order chi connectivity index (χ0) is 11.7. The van der Waals surface area contributed by atoms with E-state index in [9.17, 15) is 4.79 Å². The zero-order valence-electron chi connectivity index (χ0n) is 9.32. The van der Waals surface area contributed by atoms with Crippen molar-refractivity contribution in [3.63, 3.8) is 0 Å². The van der Waals surface area contributed by atoms with Crippen molar-refractivity contribution in [3.05, 3.63) is 33.8 Å². The molecule has 0 unspecified atom stereocenters. The Labute approximate surface area is 103 Å². The summed E-state index contributed by atoms with van der Waals surface area (Å²) in [5.74, 6) is 0.431. The van der Waals surface area contributed by atoms with Crippen LogP contribution in [0.25, 0.3) is 0 Å². The van der Waals surface area contributed by atoms with Crippen LogP contribution in [-0.4, -0.2) is 15.9 Å². The smallest absolute Gasteiger partial charge is 0.268 e. The van der Waals surface area contributed by atoms with Crippen LogP contribution in [0.1, 0.15) is 33.0 Å². The quantitative estimate of drug-likeness (QED) is 0.857. The highest BCUT2D eigenvalue weighted by Gasteiger charge is 2.17. The molecule has 0 radical (unpaired) electrons. The van der Waals surface area contributed by atoms with Gasteiger partial charge in [0.1, 0.15) is 0 Å². The molecule has 88 valence electrons. The maximum atomic E-state index is 12.0. The molecule has 2 aromatic heterocycles. The second-order valence-electron chi connectivity index (χ2n) is 4.16. The Morgan fingerprint density at radius 3 is 3.06 bits per heavy atom. The molecule has 2 aromatic rings. The van der Waals surface area contributed by atoms with Gasteiger partial charge < -0.3 is 4.98 Å². The molecule has 17 heavy (non-hydrogen) atoms. The predicted octanol–water partition coefficient (Wildman–Crippen LogP) is 2.60. The normalized spacial score (nSPS) is 14.4. The molecule has 0 fully saturated rings. The molecular formula is C12H13N3OS. The van der Waals surface area contributed by atoms with E-state index >= 15 is 0 Å². The summed E-state index contributed by atoms with van der Waals surface area (Å²) in [6.07, 6.45) is 8.02. The Balaban J connectivity index is 1.79. The fourth-order valence-electron chi connectivity index (χ4n) is 2.11. The summed E-state index contributed by atoms with van der Waals surface area (Å²) < 4.78 is 0. The molecule has 4 nitrogen and oxygen atoms in total. The van der Waals surface area contributed by atoms with Crippen LogP contribution in [0.3, 0.4) is 0 Å². The first-order chi connectivity index (χ1) is 8.33. The lowest BCUT2D eigenvalue weighted by molar-refractivity contribution is 0.102. The first-order valence-electron chi connectivity index (χ1n) is 5.75. The summed E-state index contributed by atoms with van der Waals surface area (Å²) >= 11 is 1.61. The molecule has 0 saturated heterocycles. The van der Waals surface area contributed by atoms with Crippen molar-refractivity contribution in [3.8, 4) is 0 Å². The van der Waals surface area contributed by atoms with Gasteiger partial charge >= 0.3 is 0 Å². The molecule has 0 bridgehead atoms. The number of fused-ring (bicyclic) bond motifs is 1. The maximum absolute atomic E-state index is 12.0. The SMILES string of the molecule is O=C(Nc1ncc[nH]1)c1cc2c(s1)CCCC2. The highest BCUT2D eigenvalue weighted by molar-refractivity contribution is 7.14. The minimum absolute atomic E-state index is 0.0700. The number of imidazole rings is 1. The molecule has 2 N–H and O–H groups in total. The Morgan fingerprint density at radius 2 is 2.29 bits per heavy atom. The van der Waals surface area contributed by atoms with E-state index in [1.54, 1.807) is 23.7 Å². The number of hydrogen-bond acceptors (Lipinski definition) is 3. The van der Waals surface area contributed by atoms with Gasteiger partial charge in [0.2, 0.25) is 5.95 Å². The summed E-state index contributed by atoms with van der Waals surface area (Å²) in [5.41, 5.74) is 1.35. The number of rotatable bonds is 2. The van der Waals surface area contributed by atoms with E-state index in [2.05, 4.69) is 15.3 Å². The molecule has 1 amide bonds. The van der Waals surface area contributed by atoms with Crippen LogP contribution in [0.15, 0.2) is 18.5 Å². The lowest BCUT2D eigenvalue weighted by Crippen LogP contribution is -2.11. The predicted molar refractivity (Wildman–Crippen MR) is 67.5 cm³/mol. The van der Waals surface area contributed by atoms with E-state index in [1.807, 2.05) is 6.07 Å². The van der Waals surface area contributed by atoms with Crippen molar-refractivity contribution in [1.82, 2.24) is 9.97 Å². The standard InChI is InChI=1S/C12H13N3OS/c16-11(15-12-13-5-6-14-12)10-7-8-3-1-2-4-9(8)17-10/h5-7H,1-4H2,(H2,13,14,15,16). The van der Waals surface area contributed by atoms with Gasteiger partial charge in [-0.2, -0.15) is 0 Å². The molecule has 2 heterocycles. The topological polar surface area (TPSA) is 57.8 Å². The first-order valence-corrected chi connectivity index (χ1v) is 6.57. The van der Waals surface area contributed by atoms with Crippen LogP contribution < -0.4 is 5.32 Å². The molecule has 1 aliphatic rings. The molecule has 0 aromatic carbocycles. The summed E-state index contributed by atoms with van der Waals surface area (Å²) in [6.45, 7) is 0. The third-order valence-corrected chi connectivity index (χ3v) is 4.19. The number of carbonyl (C=O) groups is 1. The Kier molecular flexibility index (Phi) is 2.68. The van der Waals surface area contributed by atoms with Crippen LogP contribution >= 0.6 is 11.3 Å². The highest BCUT2D eigenvalue weighted by Crippen LogP contribution is 2.29. The van der Waals surface area contributed by atoms with Crippen molar-refractivity contribution in [2.45, 2.75) is 25.7 Å².